The molecule has 1 fully saturated rings. The maximum Gasteiger partial charge on any atom is 0.410 e. The molecule has 4 aromatic rings. The fraction of sp³-hybridized carbons (Fsp3) is 0.408. The van der Waals surface area contributed by atoms with E-state index in [0.717, 1.165) is 32.1 Å². The van der Waals surface area contributed by atoms with Crippen molar-refractivity contribution < 1.29 is 38.6 Å². The maximum absolute atomic E-state index is 14.7. The Kier molecular flexibility index (Phi) is 17.6. The fourth-order valence-electron chi connectivity index (χ4n) is 8.04. The lowest BCUT2D eigenvalue weighted by molar-refractivity contribution is -0.147. The number of hydrogen-bond acceptors (Lipinski definition) is 9. The van der Waals surface area contributed by atoms with E-state index in [0.29, 0.717) is 53.6 Å². The zero-order valence-corrected chi connectivity index (χ0v) is 37.3. The Balaban J connectivity index is 1.29. The van der Waals surface area contributed by atoms with Gasteiger partial charge in [-0.05, 0) is 86.8 Å². The van der Waals surface area contributed by atoms with Gasteiger partial charge in [0.1, 0.15) is 29.0 Å². The minimum atomic E-state index is -1.45. The number of amides is 4. The largest absolute Gasteiger partial charge is 0.494 e. The highest BCUT2D eigenvalue weighted by Crippen LogP contribution is 2.44. The number of nitrogens with two attached hydrogens (primary N) is 1. The summed E-state index contributed by atoms with van der Waals surface area (Å²) in [5.41, 5.74) is 6.21. The van der Waals surface area contributed by atoms with Gasteiger partial charge in [0.05, 0.1) is 19.7 Å². The number of aliphatic carboxylic acids is 1. The SMILES string of the molecule is CC(C)(C)OC(=O)N1CCC(CCCCOc2ccc(CC(NC(=O)C(CS)N(C(=O)CNC(=O)CN)C(c3ccccc3)(c3ccccc3)c3ccccc3)C(=O)O)cc2)CC1. The standard InChI is InChI=1S/C49H61N5O8S/c1-48(2,3)62-47(60)53-28-26-35(27-29-53)15-13-14-30-61-40-24-22-36(23-25-40)31-41(46(58)59)52-45(57)42(34-63)54(44(56)33-51-43(55)32-50)49(37-16-7-4-8-17-37,38-18-9-5-10-19-38)39-20-11-6-12-21-39/h4-12,16-25,35,41-42,63H,13-15,26-34,50H2,1-3H3,(H,51,55)(H,52,57)(H,58,59). The molecule has 0 spiro atoms. The van der Waals surface area contributed by atoms with Crippen molar-refractivity contribution in [2.24, 2.45) is 11.7 Å². The lowest BCUT2D eigenvalue weighted by Crippen LogP contribution is -2.63. The number of hydrogen-bond donors (Lipinski definition) is 5. The third kappa shape index (κ3) is 13.1. The van der Waals surface area contributed by atoms with E-state index in [1.54, 1.807) is 29.2 Å². The maximum atomic E-state index is 14.7. The van der Waals surface area contributed by atoms with Gasteiger partial charge >= 0.3 is 12.1 Å². The molecule has 0 radical (unpaired) electrons. The molecule has 2 unspecified atom stereocenters. The van der Waals surface area contributed by atoms with E-state index in [-0.39, 0.29) is 24.8 Å². The molecule has 0 aliphatic carbocycles. The molecule has 14 heteroatoms. The zero-order chi connectivity index (χ0) is 45.4. The second-order valence-electron chi connectivity index (χ2n) is 16.8. The topological polar surface area (TPSA) is 181 Å². The van der Waals surface area contributed by atoms with Gasteiger partial charge in [0.25, 0.3) is 0 Å². The first-order chi connectivity index (χ1) is 30.3. The van der Waals surface area contributed by atoms with Crippen molar-refractivity contribution in [1.29, 1.82) is 0 Å². The summed E-state index contributed by atoms with van der Waals surface area (Å²) < 4.78 is 11.5. The summed E-state index contributed by atoms with van der Waals surface area (Å²) in [6.07, 6.45) is 4.54. The molecule has 5 rings (SSSR count). The summed E-state index contributed by atoms with van der Waals surface area (Å²) in [7, 11) is 0. The molecule has 1 saturated heterocycles. The molecule has 0 aromatic heterocycles. The highest BCUT2D eigenvalue weighted by atomic mass is 32.1. The van der Waals surface area contributed by atoms with Gasteiger partial charge in [-0.15, -0.1) is 0 Å². The molecule has 4 amide bonds. The van der Waals surface area contributed by atoms with Crippen molar-refractivity contribution >= 4 is 42.4 Å². The van der Waals surface area contributed by atoms with E-state index in [4.69, 9.17) is 15.2 Å². The van der Waals surface area contributed by atoms with Crippen LogP contribution in [0.25, 0.3) is 0 Å². The number of nitrogens with one attached hydrogen (secondary N) is 2. The van der Waals surface area contributed by atoms with Crippen LogP contribution >= 0.6 is 12.6 Å². The zero-order valence-electron chi connectivity index (χ0n) is 36.4. The number of ether oxygens (including phenoxy) is 2. The summed E-state index contributed by atoms with van der Waals surface area (Å²) in [4.78, 5) is 70.1. The van der Waals surface area contributed by atoms with Gasteiger partial charge in [0.2, 0.25) is 17.7 Å². The number of benzene rings is 4. The van der Waals surface area contributed by atoms with Crippen LogP contribution in [0.5, 0.6) is 5.75 Å². The summed E-state index contributed by atoms with van der Waals surface area (Å²) in [5.74, 6) is -2.17. The van der Waals surface area contributed by atoms with E-state index < -0.39 is 53.5 Å². The minimum Gasteiger partial charge on any atom is -0.494 e. The molecule has 336 valence electrons. The van der Waals surface area contributed by atoms with E-state index >= 15 is 0 Å². The van der Waals surface area contributed by atoms with Gasteiger partial charge in [0.15, 0.2) is 0 Å². The highest BCUT2D eigenvalue weighted by molar-refractivity contribution is 7.80. The number of piperidine rings is 1. The van der Waals surface area contributed by atoms with E-state index in [2.05, 4.69) is 23.3 Å². The van der Waals surface area contributed by atoms with E-state index in [1.807, 2.05) is 112 Å². The van der Waals surface area contributed by atoms with Crippen LogP contribution in [-0.4, -0.2) is 101 Å². The molecule has 0 saturated carbocycles. The molecular formula is C49H61N5O8S. The molecule has 1 heterocycles. The Hall–Kier alpha value is -5.86. The summed E-state index contributed by atoms with van der Waals surface area (Å²) in [6, 6.07) is 32.1. The van der Waals surface area contributed by atoms with E-state index in [9.17, 15) is 29.1 Å². The number of thiol groups is 1. The van der Waals surface area contributed by atoms with Gasteiger partial charge < -0.3 is 40.7 Å². The Morgan fingerprint density at radius 2 is 1.37 bits per heavy atom. The third-order valence-electron chi connectivity index (χ3n) is 11.1. The van der Waals surface area contributed by atoms with Gasteiger partial charge in [-0.25, -0.2) is 9.59 Å². The molecule has 1 aliphatic rings. The van der Waals surface area contributed by atoms with Gasteiger partial charge in [-0.1, -0.05) is 110 Å². The molecule has 1 aliphatic heterocycles. The molecule has 63 heavy (non-hydrogen) atoms. The van der Waals surface area contributed by atoms with Crippen LogP contribution in [0.4, 0.5) is 4.79 Å². The van der Waals surface area contributed by atoms with Crippen LogP contribution in [0.3, 0.4) is 0 Å². The van der Waals surface area contributed by atoms with Gasteiger partial charge in [-0.2, -0.15) is 12.6 Å². The molecule has 0 bridgehead atoms. The molecule has 13 nitrogen and oxygen atoms in total. The van der Waals surface area contributed by atoms with Crippen LogP contribution in [0.15, 0.2) is 115 Å². The van der Waals surface area contributed by atoms with Crippen LogP contribution in [0.2, 0.25) is 0 Å². The smallest absolute Gasteiger partial charge is 0.410 e. The second-order valence-corrected chi connectivity index (χ2v) is 17.1. The van der Waals surface area contributed by atoms with Crippen LogP contribution in [-0.2, 0) is 35.9 Å². The fourth-order valence-corrected chi connectivity index (χ4v) is 8.37. The van der Waals surface area contributed by atoms with Gasteiger partial charge in [0, 0.05) is 25.3 Å². The molecule has 2 atom stereocenters. The Bertz CT molecular complexity index is 2000. The third-order valence-corrected chi connectivity index (χ3v) is 11.5. The summed E-state index contributed by atoms with van der Waals surface area (Å²) >= 11 is 4.62. The monoisotopic (exact) mass is 879 g/mol. The van der Waals surface area contributed by atoms with Crippen molar-refractivity contribution in [3.63, 3.8) is 0 Å². The van der Waals surface area contributed by atoms with Crippen molar-refractivity contribution in [1.82, 2.24) is 20.4 Å². The molecular weight excluding hydrogens is 819 g/mol. The number of rotatable bonds is 20. The van der Waals surface area contributed by atoms with Gasteiger partial charge in [-0.3, -0.25) is 14.4 Å². The van der Waals surface area contributed by atoms with Crippen LogP contribution < -0.4 is 21.1 Å². The number of carboxylic acid groups (broad SMARTS) is 1. The highest BCUT2D eigenvalue weighted by Gasteiger charge is 2.49. The van der Waals surface area contributed by atoms with Crippen LogP contribution in [0, 0.1) is 5.92 Å². The van der Waals surface area contributed by atoms with Crippen molar-refractivity contribution in [3.8, 4) is 5.75 Å². The first-order valence-corrected chi connectivity index (χ1v) is 22.2. The molecule has 4 aromatic carbocycles. The normalized spacial score (nSPS) is 14.2. The average Bonchev–Trinajstić information content (AvgIpc) is 3.28. The number of likely N-dealkylation sites (tertiary alicyclic amines) is 1. The predicted molar refractivity (Wildman–Crippen MR) is 245 cm³/mol. The summed E-state index contributed by atoms with van der Waals surface area (Å²) in [5, 5.41) is 15.7. The average molecular weight is 880 g/mol. The predicted octanol–water partition coefficient (Wildman–Crippen LogP) is 6.19. The van der Waals surface area contributed by atoms with Crippen molar-refractivity contribution in [2.75, 3.05) is 38.5 Å². The first-order valence-electron chi connectivity index (χ1n) is 21.6. The number of carbonyl (C=O) groups excluding carboxylic acids is 4. The second kappa shape index (κ2) is 23.0. The Morgan fingerprint density at radius 3 is 1.84 bits per heavy atom. The molecule has 5 N–H and O–H groups in total. The first kappa shape index (κ1) is 48.2. The van der Waals surface area contributed by atoms with Crippen molar-refractivity contribution in [2.45, 2.75) is 82.5 Å². The Labute approximate surface area is 376 Å². The van der Waals surface area contributed by atoms with Crippen LogP contribution in [0.1, 0.15) is 75.1 Å². The lowest BCUT2D eigenvalue weighted by atomic mass is 9.74. The number of nitrogens with zero attached hydrogens (tertiary/aromatic N) is 2. The summed E-state index contributed by atoms with van der Waals surface area (Å²) in [6.45, 7) is 6.72. The van der Waals surface area contributed by atoms with Crippen molar-refractivity contribution in [3.05, 3.63) is 138 Å². The quantitative estimate of drug-likeness (QED) is 0.0393. The number of carbonyl (C=O) groups is 5. The van der Waals surface area contributed by atoms with E-state index in [1.165, 1.54) is 4.90 Å². The minimum absolute atomic E-state index is 0.0465. The Morgan fingerprint density at radius 1 is 0.825 bits per heavy atom. The number of unbranched alkanes of at least 4 members (excludes halogenated alkanes) is 1. The lowest BCUT2D eigenvalue weighted by Gasteiger charge is -2.48. The number of carboxylic acids is 1.